The Balaban J connectivity index is 2.26. The average Bonchev–Trinajstić information content (AvgIpc) is 2.40. The van der Waals surface area contributed by atoms with Crippen molar-refractivity contribution in [1.29, 1.82) is 0 Å². The van der Waals surface area contributed by atoms with Gasteiger partial charge in [0.05, 0.1) is 0 Å². The van der Waals surface area contributed by atoms with Crippen LogP contribution in [-0.2, 0) is 0 Å². The van der Waals surface area contributed by atoms with E-state index in [0.29, 0.717) is 5.52 Å². The van der Waals surface area contributed by atoms with Crippen molar-refractivity contribution in [2.75, 3.05) is 0 Å². The van der Waals surface area contributed by atoms with Crippen molar-refractivity contribution in [3.8, 4) is 16.9 Å². The molecule has 17 heavy (non-hydrogen) atoms. The Morgan fingerprint density at radius 2 is 1.65 bits per heavy atom. The van der Waals surface area contributed by atoms with Crippen LogP contribution in [0.1, 0.15) is 0 Å². The third-order valence-corrected chi connectivity index (χ3v) is 2.79. The highest BCUT2D eigenvalue weighted by atomic mass is 16.3. The number of fused-ring (bicyclic) bond motifs is 1. The number of nitrogens with zero attached hydrogens (tertiary/aromatic N) is 1. The molecule has 0 amide bonds. The first-order valence-corrected chi connectivity index (χ1v) is 5.48. The molecule has 0 radical (unpaired) electrons. The van der Waals surface area contributed by atoms with E-state index in [1.165, 1.54) is 0 Å². The number of aromatic hydroxyl groups is 1. The van der Waals surface area contributed by atoms with E-state index in [1.54, 1.807) is 12.3 Å². The minimum Gasteiger partial charge on any atom is -0.506 e. The number of aromatic nitrogens is 1. The summed E-state index contributed by atoms with van der Waals surface area (Å²) in [4.78, 5) is 4.17. The van der Waals surface area contributed by atoms with Gasteiger partial charge in [-0.15, -0.1) is 0 Å². The number of hydrogen-bond acceptors (Lipinski definition) is 2. The van der Waals surface area contributed by atoms with Crippen LogP contribution in [0.25, 0.3) is 22.0 Å². The molecule has 0 unspecified atom stereocenters. The van der Waals surface area contributed by atoms with Gasteiger partial charge < -0.3 is 5.11 Å². The molecule has 0 saturated carbocycles. The molecule has 0 aliphatic rings. The molecule has 82 valence electrons. The van der Waals surface area contributed by atoms with E-state index in [4.69, 9.17) is 0 Å². The third-order valence-electron chi connectivity index (χ3n) is 2.79. The lowest BCUT2D eigenvalue weighted by Gasteiger charge is -2.05. The Morgan fingerprint density at radius 3 is 2.47 bits per heavy atom. The minimum absolute atomic E-state index is 0.224. The highest BCUT2D eigenvalue weighted by Gasteiger charge is 2.04. The zero-order chi connectivity index (χ0) is 11.7. The van der Waals surface area contributed by atoms with E-state index < -0.39 is 0 Å². The monoisotopic (exact) mass is 221 g/mol. The number of phenolic OH excluding ortho intramolecular Hbond substituents is 1. The fourth-order valence-electron chi connectivity index (χ4n) is 1.97. The van der Waals surface area contributed by atoms with Gasteiger partial charge in [-0.05, 0) is 29.3 Å². The lowest BCUT2D eigenvalue weighted by molar-refractivity contribution is 0.480. The van der Waals surface area contributed by atoms with E-state index in [0.717, 1.165) is 16.5 Å². The van der Waals surface area contributed by atoms with Crippen molar-refractivity contribution in [3.05, 3.63) is 60.8 Å². The van der Waals surface area contributed by atoms with Gasteiger partial charge in [-0.3, -0.25) is 4.98 Å². The molecule has 3 aromatic rings. The van der Waals surface area contributed by atoms with Crippen LogP contribution in [0.15, 0.2) is 60.8 Å². The van der Waals surface area contributed by atoms with E-state index >= 15 is 0 Å². The fraction of sp³-hybridized carbons (Fsp3) is 0. The van der Waals surface area contributed by atoms with Crippen molar-refractivity contribution in [1.82, 2.24) is 4.98 Å². The van der Waals surface area contributed by atoms with Crippen molar-refractivity contribution in [2.45, 2.75) is 0 Å². The van der Waals surface area contributed by atoms with Gasteiger partial charge in [0, 0.05) is 11.6 Å². The van der Waals surface area contributed by atoms with E-state index in [1.807, 2.05) is 48.5 Å². The summed E-state index contributed by atoms with van der Waals surface area (Å²) in [6.45, 7) is 0. The molecule has 0 spiro atoms. The Morgan fingerprint density at radius 1 is 0.824 bits per heavy atom. The molecule has 0 atom stereocenters. The van der Waals surface area contributed by atoms with Crippen LogP contribution in [-0.4, -0.2) is 10.1 Å². The van der Waals surface area contributed by atoms with E-state index in [-0.39, 0.29) is 5.75 Å². The van der Waals surface area contributed by atoms with Crippen molar-refractivity contribution >= 4 is 10.9 Å². The second kappa shape index (κ2) is 3.91. The Kier molecular flexibility index (Phi) is 2.26. The van der Waals surface area contributed by atoms with E-state index in [9.17, 15) is 5.11 Å². The van der Waals surface area contributed by atoms with Crippen molar-refractivity contribution < 1.29 is 5.11 Å². The molecule has 3 rings (SSSR count). The largest absolute Gasteiger partial charge is 0.506 e. The van der Waals surface area contributed by atoms with Gasteiger partial charge >= 0.3 is 0 Å². The molecular weight excluding hydrogens is 210 g/mol. The van der Waals surface area contributed by atoms with Crippen LogP contribution < -0.4 is 0 Å². The first-order valence-electron chi connectivity index (χ1n) is 5.48. The number of benzene rings is 2. The molecule has 2 nitrogen and oxygen atoms in total. The number of rotatable bonds is 1. The molecule has 2 aromatic carbocycles. The van der Waals surface area contributed by atoms with Gasteiger partial charge in [0.1, 0.15) is 11.3 Å². The number of pyridine rings is 1. The van der Waals surface area contributed by atoms with Crippen LogP contribution in [0, 0.1) is 0 Å². The molecule has 2 heteroatoms. The first kappa shape index (κ1) is 9.85. The van der Waals surface area contributed by atoms with Crippen LogP contribution in [0.5, 0.6) is 5.75 Å². The van der Waals surface area contributed by atoms with Crippen LogP contribution in [0.4, 0.5) is 0 Å². The van der Waals surface area contributed by atoms with Gasteiger partial charge in [-0.25, -0.2) is 0 Å². The van der Waals surface area contributed by atoms with E-state index in [2.05, 4.69) is 4.98 Å². The van der Waals surface area contributed by atoms with Gasteiger partial charge in [0.25, 0.3) is 0 Å². The quantitative estimate of drug-likeness (QED) is 0.681. The smallest absolute Gasteiger partial charge is 0.142 e. The van der Waals surface area contributed by atoms with Crippen molar-refractivity contribution in [2.24, 2.45) is 0 Å². The summed E-state index contributed by atoms with van der Waals surface area (Å²) in [5, 5.41) is 10.9. The second-order valence-corrected chi connectivity index (χ2v) is 3.94. The third kappa shape index (κ3) is 1.74. The van der Waals surface area contributed by atoms with Gasteiger partial charge in [0.2, 0.25) is 0 Å². The molecule has 0 fully saturated rings. The Labute approximate surface area is 99.2 Å². The maximum absolute atomic E-state index is 9.95. The zero-order valence-corrected chi connectivity index (χ0v) is 9.17. The van der Waals surface area contributed by atoms with Crippen LogP contribution in [0.3, 0.4) is 0 Å². The van der Waals surface area contributed by atoms with Gasteiger partial charge in [0.15, 0.2) is 0 Å². The highest BCUT2D eigenvalue weighted by molar-refractivity contribution is 5.89. The summed E-state index contributed by atoms with van der Waals surface area (Å²) in [5.41, 5.74) is 2.74. The first-order chi connectivity index (χ1) is 8.34. The van der Waals surface area contributed by atoms with Crippen LogP contribution >= 0.6 is 0 Å². The minimum atomic E-state index is 0.224. The summed E-state index contributed by atoms with van der Waals surface area (Å²) in [6, 6.07) is 17.6. The molecule has 0 bridgehead atoms. The zero-order valence-electron chi connectivity index (χ0n) is 9.17. The van der Waals surface area contributed by atoms with Crippen LogP contribution in [0.2, 0.25) is 0 Å². The summed E-state index contributed by atoms with van der Waals surface area (Å²) in [7, 11) is 0. The molecule has 1 N–H and O–H groups in total. The lowest BCUT2D eigenvalue weighted by Crippen LogP contribution is -1.82. The van der Waals surface area contributed by atoms with Crippen molar-refractivity contribution in [3.63, 3.8) is 0 Å². The summed E-state index contributed by atoms with van der Waals surface area (Å²) < 4.78 is 0. The van der Waals surface area contributed by atoms with Gasteiger partial charge in [-0.2, -0.15) is 0 Å². The molecule has 1 aromatic heterocycles. The summed E-state index contributed by atoms with van der Waals surface area (Å²) >= 11 is 0. The molecule has 1 heterocycles. The average molecular weight is 221 g/mol. The number of phenols is 1. The van der Waals surface area contributed by atoms with Gasteiger partial charge in [-0.1, -0.05) is 36.4 Å². The fourth-order valence-corrected chi connectivity index (χ4v) is 1.97. The molecular formula is C15H11NO. The Bertz CT molecular complexity index is 662. The highest BCUT2D eigenvalue weighted by Crippen LogP contribution is 2.30. The lowest BCUT2D eigenvalue weighted by atomic mass is 10.0. The predicted octanol–water partition coefficient (Wildman–Crippen LogP) is 3.61. The predicted molar refractivity (Wildman–Crippen MR) is 68.8 cm³/mol. The maximum Gasteiger partial charge on any atom is 0.142 e. The Hall–Kier alpha value is -2.35. The standard InChI is InChI=1S/C15H11NO/c17-14-10-13(11-5-2-1-3-6-11)9-12-7-4-8-16-15(12)14/h1-10,17H. The molecule has 0 saturated heterocycles. The maximum atomic E-state index is 9.95. The SMILES string of the molecule is Oc1cc(-c2ccccc2)cc2cccnc12. The summed E-state index contributed by atoms with van der Waals surface area (Å²) in [5.74, 6) is 0.224. The molecule has 0 aliphatic heterocycles. The number of hydrogen-bond donors (Lipinski definition) is 1. The summed E-state index contributed by atoms with van der Waals surface area (Å²) in [6.07, 6.45) is 1.68. The molecule has 0 aliphatic carbocycles. The second-order valence-electron chi connectivity index (χ2n) is 3.94. The topological polar surface area (TPSA) is 33.1 Å². The normalized spacial score (nSPS) is 10.6.